The molecular weight excluding hydrogens is 244 g/mol. The largest absolute Gasteiger partial charge is 0.507 e. The second kappa shape index (κ2) is 4.35. The summed E-state index contributed by atoms with van der Waals surface area (Å²) in [6, 6.07) is 13.4. The molecule has 0 aromatic heterocycles. The van der Waals surface area contributed by atoms with E-state index in [1.54, 1.807) is 6.08 Å². The van der Waals surface area contributed by atoms with Crippen LogP contribution in [0.15, 0.2) is 42.5 Å². The monoisotopic (exact) mass is 254 g/mol. The summed E-state index contributed by atoms with van der Waals surface area (Å²) in [5.74, 6) is 0.262. The van der Waals surface area contributed by atoms with Crippen LogP contribution in [0.5, 0.6) is 0 Å². The molecule has 1 nitrogen and oxygen atoms in total. The van der Waals surface area contributed by atoms with Crippen molar-refractivity contribution in [2.75, 3.05) is 0 Å². The topological polar surface area (TPSA) is 20.2 Å². The summed E-state index contributed by atoms with van der Waals surface area (Å²) < 4.78 is 0. The number of halogens is 1. The number of fused-ring (bicyclic) bond motifs is 2. The first-order valence-electron chi connectivity index (χ1n) is 5.72. The summed E-state index contributed by atoms with van der Waals surface area (Å²) >= 11 is 6.18. The minimum atomic E-state index is 0.262. The predicted molar refractivity (Wildman–Crippen MR) is 77.3 cm³/mol. The van der Waals surface area contributed by atoms with Gasteiger partial charge in [0, 0.05) is 16.1 Å². The van der Waals surface area contributed by atoms with Gasteiger partial charge in [0.25, 0.3) is 0 Å². The van der Waals surface area contributed by atoms with Crippen LogP contribution >= 0.6 is 11.6 Å². The van der Waals surface area contributed by atoms with Crippen molar-refractivity contribution in [1.29, 1.82) is 0 Å². The van der Waals surface area contributed by atoms with Crippen LogP contribution in [0.4, 0.5) is 0 Å². The fraction of sp³-hybridized carbons (Fsp3) is 0. The third kappa shape index (κ3) is 1.83. The van der Waals surface area contributed by atoms with E-state index >= 15 is 0 Å². The van der Waals surface area contributed by atoms with Crippen molar-refractivity contribution in [2.24, 2.45) is 0 Å². The molecule has 0 bridgehead atoms. The van der Waals surface area contributed by atoms with Gasteiger partial charge in [0.2, 0.25) is 0 Å². The van der Waals surface area contributed by atoms with Gasteiger partial charge in [-0.15, -0.1) is 0 Å². The van der Waals surface area contributed by atoms with E-state index in [2.05, 4.69) is 0 Å². The van der Waals surface area contributed by atoms with Crippen molar-refractivity contribution in [1.82, 2.24) is 0 Å². The van der Waals surface area contributed by atoms with Gasteiger partial charge in [-0.05, 0) is 23.3 Å². The highest BCUT2D eigenvalue weighted by atomic mass is 35.5. The normalized spacial score (nSPS) is 14.8. The van der Waals surface area contributed by atoms with Crippen LogP contribution in [0, 0.1) is 0 Å². The van der Waals surface area contributed by atoms with Crippen molar-refractivity contribution in [3.63, 3.8) is 0 Å². The summed E-state index contributed by atoms with van der Waals surface area (Å²) in [5, 5.41) is 10.9. The predicted octanol–water partition coefficient (Wildman–Crippen LogP) is 4.88. The van der Waals surface area contributed by atoms with E-state index in [1.165, 1.54) is 0 Å². The van der Waals surface area contributed by atoms with Gasteiger partial charge in [-0.25, -0.2) is 0 Å². The quantitative estimate of drug-likeness (QED) is 0.710. The Morgan fingerprint density at radius 3 is 2.50 bits per heavy atom. The molecule has 0 aliphatic heterocycles. The van der Waals surface area contributed by atoms with Gasteiger partial charge in [0.15, 0.2) is 0 Å². The molecule has 0 amide bonds. The van der Waals surface area contributed by atoms with Gasteiger partial charge in [0.1, 0.15) is 5.76 Å². The Labute approximate surface area is 111 Å². The third-order valence-electron chi connectivity index (χ3n) is 3.05. The first-order valence-corrected chi connectivity index (χ1v) is 6.10. The standard InChI is InChI=1S/C16H11ClO/c17-15-7-3-5-12-10-16(18)14-6-2-1-4-11(14)8-9-13(12)15/h1-10,18H/b9-8-,11-8?,12-10?,13-9?,16-10?,16-14?. The number of hydrogen-bond acceptors (Lipinski definition) is 1. The molecule has 3 rings (SSSR count). The van der Waals surface area contributed by atoms with E-state index in [1.807, 2.05) is 54.6 Å². The molecule has 0 spiro atoms. The van der Waals surface area contributed by atoms with Gasteiger partial charge in [-0.2, -0.15) is 0 Å². The maximum atomic E-state index is 10.2. The highest BCUT2D eigenvalue weighted by molar-refractivity contribution is 6.32. The molecule has 0 atom stereocenters. The second-order valence-corrected chi connectivity index (χ2v) is 4.60. The molecule has 1 N–H and O–H groups in total. The van der Waals surface area contributed by atoms with E-state index in [4.69, 9.17) is 11.6 Å². The van der Waals surface area contributed by atoms with Crippen LogP contribution in [0.2, 0.25) is 5.02 Å². The fourth-order valence-corrected chi connectivity index (χ4v) is 2.37. The molecule has 0 heterocycles. The number of hydrogen-bond donors (Lipinski definition) is 1. The Hall–Kier alpha value is -1.99. The molecule has 2 aromatic rings. The Morgan fingerprint density at radius 1 is 0.833 bits per heavy atom. The van der Waals surface area contributed by atoms with Crippen molar-refractivity contribution >= 4 is 35.6 Å². The van der Waals surface area contributed by atoms with Crippen LogP contribution in [-0.2, 0) is 0 Å². The van der Waals surface area contributed by atoms with Crippen LogP contribution < -0.4 is 0 Å². The number of aliphatic hydroxyl groups excluding tert-OH is 1. The average molecular weight is 255 g/mol. The maximum absolute atomic E-state index is 10.2. The average Bonchev–Trinajstić information content (AvgIpc) is 2.36. The van der Waals surface area contributed by atoms with E-state index in [0.29, 0.717) is 5.02 Å². The minimum Gasteiger partial charge on any atom is -0.507 e. The Morgan fingerprint density at radius 2 is 1.61 bits per heavy atom. The molecule has 2 aromatic carbocycles. The fourth-order valence-electron chi connectivity index (χ4n) is 2.13. The molecular formula is C16H11ClO. The van der Waals surface area contributed by atoms with Gasteiger partial charge in [0.05, 0.1) is 0 Å². The third-order valence-corrected chi connectivity index (χ3v) is 3.37. The molecule has 0 saturated heterocycles. The second-order valence-electron chi connectivity index (χ2n) is 4.19. The van der Waals surface area contributed by atoms with Crippen LogP contribution in [-0.4, -0.2) is 5.11 Å². The van der Waals surface area contributed by atoms with Crippen molar-refractivity contribution < 1.29 is 5.11 Å². The molecule has 0 fully saturated rings. The number of benzene rings is 2. The van der Waals surface area contributed by atoms with Gasteiger partial charge < -0.3 is 5.11 Å². The molecule has 1 aliphatic rings. The van der Waals surface area contributed by atoms with Crippen LogP contribution in [0.1, 0.15) is 22.3 Å². The summed E-state index contributed by atoms with van der Waals surface area (Å²) in [6.07, 6.45) is 5.71. The van der Waals surface area contributed by atoms with E-state index < -0.39 is 0 Å². The Bertz CT molecular complexity index is 669. The Kier molecular flexibility index (Phi) is 2.69. The highest BCUT2D eigenvalue weighted by Crippen LogP contribution is 2.30. The maximum Gasteiger partial charge on any atom is 0.124 e. The SMILES string of the molecule is OC1=Cc2cccc(Cl)c2/C=C\c2ccccc21. The zero-order valence-electron chi connectivity index (χ0n) is 9.60. The lowest BCUT2D eigenvalue weighted by Crippen LogP contribution is -1.92. The smallest absolute Gasteiger partial charge is 0.124 e. The zero-order chi connectivity index (χ0) is 12.5. The molecule has 2 heteroatoms. The van der Waals surface area contributed by atoms with Crippen molar-refractivity contribution in [3.8, 4) is 0 Å². The molecule has 0 saturated carbocycles. The lowest BCUT2D eigenvalue weighted by Gasteiger charge is -2.11. The van der Waals surface area contributed by atoms with Gasteiger partial charge in [-0.1, -0.05) is 60.2 Å². The minimum absolute atomic E-state index is 0.262. The first kappa shape index (κ1) is 11.1. The van der Waals surface area contributed by atoms with Crippen LogP contribution in [0.3, 0.4) is 0 Å². The lowest BCUT2D eigenvalue weighted by atomic mass is 9.97. The zero-order valence-corrected chi connectivity index (χ0v) is 10.4. The van der Waals surface area contributed by atoms with E-state index in [0.717, 1.165) is 22.3 Å². The molecule has 0 unspecified atom stereocenters. The lowest BCUT2D eigenvalue weighted by molar-refractivity contribution is 0.515. The Balaban J connectivity index is 2.27. The van der Waals surface area contributed by atoms with E-state index in [9.17, 15) is 5.11 Å². The van der Waals surface area contributed by atoms with Gasteiger partial charge >= 0.3 is 0 Å². The summed E-state index contributed by atoms with van der Waals surface area (Å²) in [5.41, 5.74) is 3.67. The summed E-state index contributed by atoms with van der Waals surface area (Å²) in [7, 11) is 0. The summed E-state index contributed by atoms with van der Waals surface area (Å²) in [6.45, 7) is 0. The van der Waals surface area contributed by atoms with E-state index in [-0.39, 0.29) is 5.76 Å². The molecule has 18 heavy (non-hydrogen) atoms. The van der Waals surface area contributed by atoms with Gasteiger partial charge in [-0.3, -0.25) is 0 Å². The van der Waals surface area contributed by atoms with Crippen molar-refractivity contribution in [2.45, 2.75) is 0 Å². The summed E-state index contributed by atoms with van der Waals surface area (Å²) in [4.78, 5) is 0. The highest BCUT2D eigenvalue weighted by Gasteiger charge is 2.10. The van der Waals surface area contributed by atoms with Crippen LogP contribution in [0.25, 0.3) is 24.0 Å². The number of rotatable bonds is 0. The first-order chi connectivity index (χ1) is 8.75. The molecule has 0 radical (unpaired) electrons. The van der Waals surface area contributed by atoms with Crippen molar-refractivity contribution in [3.05, 3.63) is 69.7 Å². The molecule has 88 valence electrons. The molecule has 1 aliphatic carbocycles. The number of aliphatic hydroxyl groups is 1.